The number of thioether (sulfide) groups is 1. The average Bonchev–Trinajstić information content (AvgIpc) is 3.25. The summed E-state index contributed by atoms with van der Waals surface area (Å²) in [6.07, 6.45) is 17.1. The molecule has 1 aromatic rings. The van der Waals surface area contributed by atoms with E-state index in [9.17, 15) is 4.79 Å². The number of H-pyrrole nitrogens is 1. The van der Waals surface area contributed by atoms with E-state index in [2.05, 4.69) is 44.5 Å². The maximum Gasteiger partial charge on any atom is 0.222 e. The Morgan fingerprint density at radius 1 is 0.941 bits per heavy atom. The fourth-order valence-electron chi connectivity index (χ4n) is 5.11. The lowest BCUT2D eigenvalue weighted by Crippen LogP contribution is -2.34. The smallest absolute Gasteiger partial charge is 0.222 e. The maximum absolute atomic E-state index is 13.1. The molecule has 0 saturated heterocycles. The molecule has 1 aliphatic rings. The maximum atomic E-state index is 13.1. The molecule has 0 bridgehead atoms. The quantitative estimate of drug-likeness (QED) is 0.175. The summed E-state index contributed by atoms with van der Waals surface area (Å²) in [4.78, 5) is 23.7. The number of carbonyl (C=O) groups is 1. The Labute approximate surface area is 214 Å². The SMILES string of the molecule is CCCCCCCN(CCCCCSc1nc(C(C)C)c(C(C)C)[nH]1)C(=O)CC1CCCCC1. The number of carbonyl (C=O) groups excluding carboxylic acids is 1. The van der Waals surface area contributed by atoms with Crippen molar-refractivity contribution in [3.8, 4) is 0 Å². The summed E-state index contributed by atoms with van der Waals surface area (Å²) in [6, 6.07) is 0. The van der Waals surface area contributed by atoms with Crippen LogP contribution in [0.15, 0.2) is 5.16 Å². The van der Waals surface area contributed by atoms with Crippen molar-refractivity contribution in [1.29, 1.82) is 0 Å². The van der Waals surface area contributed by atoms with Crippen LogP contribution in [0.3, 0.4) is 0 Å². The highest BCUT2D eigenvalue weighted by Crippen LogP contribution is 2.28. The molecule has 5 heteroatoms. The van der Waals surface area contributed by atoms with Crippen molar-refractivity contribution in [2.75, 3.05) is 18.8 Å². The predicted octanol–water partition coefficient (Wildman–Crippen LogP) is 8.69. The Morgan fingerprint density at radius 3 is 2.18 bits per heavy atom. The van der Waals surface area contributed by atoms with Crippen molar-refractivity contribution in [3.05, 3.63) is 11.4 Å². The van der Waals surface area contributed by atoms with E-state index in [1.54, 1.807) is 0 Å². The summed E-state index contributed by atoms with van der Waals surface area (Å²) in [5, 5.41) is 1.07. The highest BCUT2D eigenvalue weighted by molar-refractivity contribution is 7.99. The van der Waals surface area contributed by atoms with Crippen molar-refractivity contribution >= 4 is 17.7 Å². The first kappa shape index (κ1) is 29.3. The van der Waals surface area contributed by atoms with Gasteiger partial charge in [-0.3, -0.25) is 4.79 Å². The summed E-state index contributed by atoms with van der Waals surface area (Å²) >= 11 is 1.85. The number of rotatable bonds is 17. The monoisotopic (exact) mass is 491 g/mol. The molecule has 196 valence electrons. The van der Waals surface area contributed by atoms with Gasteiger partial charge in [0.1, 0.15) is 0 Å². The number of nitrogens with one attached hydrogen (secondary N) is 1. The Hall–Kier alpha value is -0.970. The van der Waals surface area contributed by atoms with Crippen molar-refractivity contribution in [3.63, 3.8) is 0 Å². The number of aromatic nitrogens is 2. The fourth-order valence-corrected chi connectivity index (χ4v) is 6.00. The minimum atomic E-state index is 0.426. The van der Waals surface area contributed by atoms with E-state index >= 15 is 0 Å². The van der Waals surface area contributed by atoms with E-state index in [1.165, 1.54) is 88.4 Å². The molecule has 2 rings (SSSR count). The van der Waals surface area contributed by atoms with Gasteiger partial charge in [0.25, 0.3) is 0 Å². The normalized spacial score (nSPS) is 14.9. The van der Waals surface area contributed by atoms with Crippen LogP contribution in [-0.2, 0) is 4.79 Å². The van der Waals surface area contributed by atoms with Gasteiger partial charge in [0.05, 0.1) is 5.69 Å². The van der Waals surface area contributed by atoms with Crippen LogP contribution < -0.4 is 0 Å². The predicted molar refractivity (Wildman–Crippen MR) is 148 cm³/mol. The van der Waals surface area contributed by atoms with Gasteiger partial charge in [0.15, 0.2) is 5.16 Å². The second-order valence-electron chi connectivity index (χ2n) is 11.1. The van der Waals surface area contributed by atoms with Crippen molar-refractivity contribution in [2.45, 2.75) is 142 Å². The summed E-state index contributed by atoms with van der Waals surface area (Å²) in [6.45, 7) is 13.1. The van der Waals surface area contributed by atoms with Crippen molar-refractivity contribution in [2.24, 2.45) is 5.92 Å². The molecule has 0 atom stereocenters. The first-order valence-corrected chi connectivity index (χ1v) is 15.4. The lowest BCUT2D eigenvalue weighted by Gasteiger charge is -2.27. The first-order valence-electron chi connectivity index (χ1n) is 14.4. The van der Waals surface area contributed by atoms with Crippen LogP contribution in [0.5, 0.6) is 0 Å². The van der Waals surface area contributed by atoms with Gasteiger partial charge in [0.2, 0.25) is 5.91 Å². The molecule has 4 nitrogen and oxygen atoms in total. The molecule has 1 aromatic heterocycles. The van der Waals surface area contributed by atoms with E-state index in [0.717, 1.165) is 36.8 Å². The Kier molecular flexibility index (Phi) is 14.3. The molecule has 0 spiro atoms. The van der Waals surface area contributed by atoms with Gasteiger partial charge >= 0.3 is 0 Å². The van der Waals surface area contributed by atoms with Crippen molar-refractivity contribution in [1.82, 2.24) is 14.9 Å². The van der Waals surface area contributed by atoms with Crippen LogP contribution in [0.25, 0.3) is 0 Å². The van der Waals surface area contributed by atoms with E-state index in [-0.39, 0.29) is 0 Å². The molecule has 1 aliphatic carbocycles. The van der Waals surface area contributed by atoms with Crippen LogP contribution in [0.4, 0.5) is 0 Å². The van der Waals surface area contributed by atoms with Gasteiger partial charge in [-0.25, -0.2) is 4.98 Å². The molecule has 34 heavy (non-hydrogen) atoms. The Balaban J connectivity index is 1.73. The summed E-state index contributed by atoms with van der Waals surface area (Å²) < 4.78 is 0. The van der Waals surface area contributed by atoms with Crippen LogP contribution in [-0.4, -0.2) is 39.6 Å². The number of hydrogen-bond acceptors (Lipinski definition) is 3. The lowest BCUT2D eigenvalue weighted by atomic mass is 9.86. The summed E-state index contributed by atoms with van der Waals surface area (Å²) in [5.74, 6) is 3.10. The minimum absolute atomic E-state index is 0.426. The zero-order chi connectivity index (χ0) is 24.8. The van der Waals surface area contributed by atoms with Gasteiger partial charge in [-0.15, -0.1) is 0 Å². The number of hydrogen-bond donors (Lipinski definition) is 1. The van der Waals surface area contributed by atoms with Gasteiger partial charge in [-0.2, -0.15) is 0 Å². The molecule has 0 unspecified atom stereocenters. The number of aromatic amines is 1. The molecular weight excluding hydrogens is 438 g/mol. The zero-order valence-corrected chi connectivity index (χ0v) is 23.8. The molecule has 0 aliphatic heterocycles. The van der Waals surface area contributed by atoms with Crippen LogP contribution in [0, 0.1) is 5.92 Å². The van der Waals surface area contributed by atoms with E-state index in [1.807, 2.05) is 11.8 Å². The van der Waals surface area contributed by atoms with E-state index in [4.69, 9.17) is 4.98 Å². The van der Waals surface area contributed by atoms with E-state index in [0.29, 0.717) is 23.7 Å². The highest BCUT2D eigenvalue weighted by atomic mass is 32.2. The van der Waals surface area contributed by atoms with E-state index < -0.39 is 0 Å². The third-order valence-electron chi connectivity index (χ3n) is 7.25. The van der Waals surface area contributed by atoms with Crippen LogP contribution >= 0.6 is 11.8 Å². The minimum Gasteiger partial charge on any atom is -0.343 e. The number of nitrogens with zero attached hydrogens (tertiary/aromatic N) is 2. The second kappa shape index (κ2) is 16.7. The number of amides is 1. The Bertz CT molecular complexity index is 653. The zero-order valence-electron chi connectivity index (χ0n) is 23.0. The molecule has 0 aromatic carbocycles. The molecule has 1 fully saturated rings. The topological polar surface area (TPSA) is 49.0 Å². The van der Waals surface area contributed by atoms with Crippen LogP contribution in [0.2, 0.25) is 0 Å². The third kappa shape index (κ3) is 10.7. The lowest BCUT2D eigenvalue weighted by molar-refractivity contribution is -0.132. The fraction of sp³-hybridized carbons (Fsp3) is 0.862. The first-order chi connectivity index (χ1) is 16.4. The number of unbranched alkanes of at least 4 members (excludes halogenated alkanes) is 6. The number of imidazole rings is 1. The second-order valence-corrected chi connectivity index (χ2v) is 12.1. The third-order valence-corrected chi connectivity index (χ3v) is 8.21. The van der Waals surface area contributed by atoms with Gasteiger partial charge < -0.3 is 9.88 Å². The van der Waals surface area contributed by atoms with Gasteiger partial charge in [-0.05, 0) is 49.9 Å². The molecule has 1 saturated carbocycles. The molecule has 0 radical (unpaired) electrons. The van der Waals surface area contributed by atoms with Crippen molar-refractivity contribution < 1.29 is 4.79 Å². The summed E-state index contributed by atoms with van der Waals surface area (Å²) in [5.41, 5.74) is 2.52. The molecule has 1 N–H and O–H groups in total. The van der Waals surface area contributed by atoms with Gasteiger partial charge in [-0.1, -0.05) is 97.7 Å². The van der Waals surface area contributed by atoms with Crippen LogP contribution in [0.1, 0.15) is 148 Å². The average molecular weight is 492 g/mol. The summed E-state index contributed by atoms with van der Waals surface area (Å²) in [7, 11) is 0. The largest absolute Gasteiger partial charge is 0.343 e. The Morgan fingerprint density at radius 2 is 1.59 bits per heavy atom. The standard InChI is InChI=1S/C29H53N3OS/c1-6-7-8-9-14-19-32(26(33)22-25-17-12-10-13-18-25)20-15-11-16-21-34-29-30-27(23(2)3)28(31-29)24(4)5/h23-25H,6-22H2,1-5H3,(H,30,31). The van der Waals surface area contributed by atoms with Gasteiger partial charge in [0, 0.05) is 31.0 Å². The molecular formula is C29H53N3OS. The molecule has 1 amide bonds. The highest BCUT2D eigenvalue weighted by Gasteiger charge is 2.21. The molecule has 1 heterocycles.